The molecule has 38 heavy (non-hydrogen) atoms. The zero-order valence-electron chi connectivity index (χ0n) is 20.5. The molecule has 0 radical (unpaired) electrons. The van der Waals surface area contributed by atoms with Crippen LogP contribution < -0.4 is 25.6 Å². The smallest absolute Gasteiger partial charge is 0.247 e. The number of rotatable bonds is 7. The van der Waals surface area contributed by atoms with E-state index < -0.39 is 23.0 Å². The maximum Gasteiger partial charge on any atom is 0.247 e. The number of halogens is 1. The van der Waals surface area contributed by atoms with Gasteiger partial charge in [-0.3, -0.25) is 19.5 Å². The molecule has 0 unspecified atom stereocenters. The van der Waals surface area contributed by atoms with Crippen LogP contribution in [-0.4, -0.2) is 47.8 Å². The van der Waals surface area contributed by atoms with Crippen molar-refractivity contribution in [3.63, 3.8) is 0 Å². The third-order valence-electron chi connectivity index (χ3n) is 6.86. The Balaban J connectivity index is 1.31. The lowest BCUT2D eigenvalue weighted by Gasteiger charge is -2.28. The predicted octanol–water partition coefficient (Wildman–Crippen LogP) is 3.24. The molecule has 11 heteroatoms. The Bertz CT molecular complexity index is 1500. The van der Waals surface area contributed by atoms with Gasteiger partial charge in [0.2, 0.25) is 17.8 Å². The fourth-order valence-electron chi connectivity index (χ4n) is 4.63. The molecule has 0 saturated heterocycles. The van der Waals surface area contributed by atoms with Gasteiger partial charge in [-0.2, -0.15) is 4.98 Å². The van der Waals surface area contributed by atoms with Crippen LogP contribution in [0.15, 0.2) is 65.5 Å². The fourth-order valence-corrected chi connectivity index (χ4v) is 4.63. The summed E-state index contributed by atoms with van der Waals surface area (Å²) in [5.74, 6) is 1.52. The fraction of sp³-hybridized carbons (Fsp3) is 0.222. The topological polar surface area (TPSA) is 126 Å². The summed E-state index contributed by atoms with van der Waals surface area (Å²) in [6, 6.07) is 12.4. The summed E-state index contributed by atoms with van der Waals surface area (Å²) in [5, 5.41) is 2.95. The lowest BCUT2D eigenvalue weighted by Crippen LogP contribution is -2.41. The Morgan fingerprint density at radius 2 is 1.79 bits per heavy atom. The number of ether oxygens (including phenoxy) is 1. The number of benzene rings is 2. The largest absolute Gasteiger partial charge is 0.453 e. The quantitative estimate of drug-likeness (QED) is 0.465. The van der Waals surface area contributed by atoms with Gasteiger partial charge in [0.25, 0.3) is 0 Å². The minimum atomic E-state index is -1.25. The van der Waals surface area contributed by atoms with Crippen LogP contribution in [-0.2, 0) is 9.59 Å². The molecule has 0 bridgehead atoms. The Morgan fingerprint density at radius 1 is 1.11 bits per heavy atom. The van der Waals surface area contributed by atoms with Gasteiger partial charge < -0.3 is 20.7 Å². The van der Waals surface area contributed by atoms with Crippen LogP contribution >= 0.6 is 0 Å². The summed E-state index contributed by atoms with van der Waals surface area (Å²) in [7, 11) is 1.76. The highest BCUT2D eigenvalue weighted by atomic mass is 19.1. The van der Waals surface area contributed by atoms with Gasteiger partial charge in [0.05, 0.1) is 6.54 Å². The first-order valence-corrected chi connectivity index (χ1v) is 12.2. The normalized spacial score (nSPS) is 16.5. The van der Waals surface area contributed by atoms with E-state index in [4.69, 9.17) is 10.5 Å². The zero-order valence-corrected chi connectivity index (χ0v) is 20.5. The standard InChI is InChI=1S/C27H24FN7O3/c1-30-26-32-15-16-14-21(23-31-12-13-34(23)22(16)33-26)38-20-8-6-19(7-9-20)35(18-4-2-17(28)3-5-18)25(37)27(10-11-27)24(29)36/h2-9,14-15H,10-13H2,1H3,(H2,29,36)(H,30,32,33). The maximum absolute atomic E-state index is 13.6. The summed E-state index contributed by atoms with van der Waals surface area (Å²) in [6.07, 6.45) is 4.34. The first kappa shape index (κ1) is 23.6. The van der Waals surface area contributed by atoms with E-state index in [0.29, 0.717) is 60.6 Å². The molecule has 1 aromatic heterocycles. The number of carbonyl (C=O) groups is 2. The van der Waals surface area contributed by atoms with Crippen molar-refractivity contribution in [2.75, 3.05) is 35.3 Å². The summed E-state index contributed by atoms with van der Waals surface area (Å²) in [4.78, 5) is 42.5. The number of primary amides is 1. The average molecular weight is 514 g/mol. The van der Waals surface area contributed by atoms with Crippen molar-refractivity contribution < 1.29 is 18.7 Å². The number of aromatic nitrogens is 2. The van der Waals surface area contributed by atoms with Crippen molar-refractivity contribution in [2.24, 2.45) is 16.1 Å². The molecule has 3 aliphatic rings. The number of fused-ring (bicyclic) bond motifs is 3. The number of amidine groups is 1. The summed E-state index contributed by atoms with van der Waals surface area (Å²) >= 11 is 0. The van der Waals surface area contributed by atoms with E-state index in [1.54, 1.807) is 37.5 Å². The van der Waals surface area contributed by atoms with Gasteiger partial charge >= 0.3 is 0 Å². The van der Waals surface area contributed by atoms with E-state index in [-0.39, 0.29) is 0 Å². The predicted molar refractivity (Wildman–Crippen MR) is 141 cm³/mol. The number of nitrogens with zero attached hydrogens (tertiary/aromatic N) is 5. The lowest BCUT2D eigenvalue weighted by atomic mass is 10.0. The molecule has 0 spiro atoms. The maximum atomic E-state index is 13.6. The highest BCUT2D eigenvalue weighted by molar-refractivity contribution is 6.17. The first-order valence-electron chi connectivity index (χ1n) is 12.2. The Hall–Kier alpha value is -4.80. The molecule has 3 heterocycles. The minimum absolute atomic E-state index is 0.383. The third-order valence-corrected chi connectivity index (χ3v) is 6.86. The number of anilines is 4. The van der Waals surface area contributed by atoms with Crippen molar-refractivity contribution in [2.45, 2.75) is 12.8 Å². The van der Waals surface area contributed by atoms with E-state index >= 15 is 0 Å². The summed E-state index contributed by atoms with van der Waals surface area (Å²) in [5.41, 5.74) is 6.07. The first-order chi connectivity index (χ1) is 18.4. The van der Waals surface area contributed by atoms with E-state index in [0.717, 1.165) is 11.4 Å². The molecule has 2 aliphatic heterocycles. The Morgan fingerprint density at radius 3 is 2.42 bits per heavy atom. The molecular formula is C27H24FN7O3. The van der Waals surface area contributed by atoms with Gasteiger partial charge in [0.15, 0.2) is 11.6 Å². The van der Waals surface area contributed by atoms with Gasteiger partial charge in [0.1, 0.15) is 22.8 Å². The monoisotopic (exact) mass is 513 g/mol. The number of hydrogen-bond donors (Lipinski definition) is 2. The van der Waals surface area contributed by atoms with Crippen LogP contribution in [0.5, 0.6) is 5.75 Å². The third kappa shape index (κ3) is 3.92. The molecule has 3 N–H and O–H groups in total. The highest BCUT2D eigenvalue weighted by Crippen LogP contribution is 2.49. The highest BCUT2D eigenvalue weighted by Gasteiger charge is 2.57. The van der Waals surface area contributed by atoms with Gasteiger partial charge in [-0.25, -0.2) is 9.37 Å². The molecule has 10 nitrogen and oxygen atoms in total. The SMILES string of the molecule is CNc1ncc2c(n1)N1CCN=C1C(Oc1ccc(N(C(=O)C3(C(N)=O)CC3)c3ccc(F)cc3)cc1)=C2. The zero-order chi connectivity index (χ0) is 26.4. The van der Waals surface area contributed by atoms with Gasteiger partial charge in [0, 0.05) is 36.7 Å². The second kappa shape index (κ2) is 8.94. The number of nitrogens with one attached hydrogen (secondary N) is 1. The van der Waals surface area contributed by atoms with E-state index in [1.807, 2.05) is 11.0 Å². The molecule has 1 saturated carbocycles. The molecule has 1 fully saturated rings. The second-order valence-electron chi connectivity index (χ2n) is 9.25. The van der Waals surface area contributed by atoms with Crippen LogP contribution in [0.1, 0.15) is 18.4 Å². The number of hydrogen-bond acceptors (Lipinski definition) is 8. The van der Waals surface area contributed by atoms with Crippen molar-refractivity contribution >= 4 is 46.9 Å². The minimum Gasteiger partial charge on any atom is -0.453 e. The van der Waals surface area contributed by atoms with Crippen LogP contribution in [0.4, 0.5) is 27.5 Å². The second-order valence-corrected chi connectivity index (χ2v) is 9.25. The molecule has 1 aliphatic carbocycles. The number of nitrogens with two attached hydrogens (primary N) is 1. The summed E-state index contributed by atoms with van der Waals surface area (Å²) < 4.78 is 19.8. The van der Waals surface area contributed by atoms with Crippen molar-refractivity contribution in [3.05, 3.63) is 71.9 Å². The van der Waals surface area contributed by atoms with Crippen molar-refractivity contribution in [1.29, 1.82) is 0 Å². The van der Waals surface area contributed by atoms with E-state index in [9.17, 15) is 14.0 Å². The molecular weight excluding hydrogens is 489 g/mol. The number of carbonyl (C=O) groups excluding carboxylic acids is 2. The van der Waals surface area contributed by atoms with Crippen LogP contribution in [0, 0.1) is 11.2 Å². The van der Waals surface area contributed by atoms with Gasteiger partial charge in [-0.1, -0.05) is 0 Å². The molecule has 192 valence electrons. The average Bonchev–Trinajstić information content (AvgIpc) is 3.60. The van der Waals surface area contributed by atoms with E-state index in [1.165, 1.54) is 29.2 Å². The Labute approximate surface area is 217 Å². The summed E-state index contributed by atoms with van der Waals surface area (Å²) in [6.45, 7) is 1.29. The number of amides is 2. The molecule has 2 aromatic carbocycles. The van der Waals surface area contributed by atoms with Gasteiger partial charge in [-0.15, -0.1) is 0 Å². The number of aliphatic imine (C=N–C) groups is 1. The van der Waals surface area contributed by atoms with Crippen molar-refractivity contribution in [3.8, 4) is 5.75 Å². The van der Waals surface area contributed by atoms with Crippen LogP contribution in [0.25, 0.3) is 6.08 Å². The lowest BCUT2D eigenvalue weighted by molar-refractivity contribution is -0.133. The molecule has 2 amide bonds. The molecule has 0 atom stereocenters. The van der Waals surface area contributed by atoms with E-state index in [2.05, 4.69) is 20.3 Å². The van der Waals surface area contributed by atoms with Crippen LogP contribution in [0.2, 0.25) is 0 Å². The van der Waals surface area contributed by atoms with Gasteiger partial charge in [-0.05, 0) is 67.4 Å². The van der Waals surface area contributed by atoms with Crippen molar-refractivity contribution in [1.82, 2.24) is 9.97 Å². The van der Waals surface area contributed by atoms with Crippen LogP contribution in [0.3, 0.4) is 0 Å². The Kier molecular flexibility index (Phi) is 5.55. The molecule has 6 rings (SSSR count). The molecule has 3 aromatic rings.